The fourth-order valence-electron chi connectivity index (χ4n) is 2.63. The Hall–Kier alpha value is -1.95. The van der Waals surface area contributed by atoms with Gasteiger partial charge in [-0.15, -0.1) is 0 Å². The molecule has 0 radical (unpaired) electrons. The zero-order valence-electron chi connectivity index (χ0n) is 13.8. The molecule has 0 saturated carbocycles. The van der Waals surface area contributed by atoms with E-state index in [0.717, 1.165) is 49.3 Å². The first-order chi connectivity index (χ1) is 11.2. The van der Waals surface area contributed by atoms with Crippen molar-refractivity contribution in [3.63, 3.8) is 0 Å². The van der Waals surface area contributed by atoms with Crippen molar-refractivity contribution in [2.45, 2.75) is 39.0 Å². The van der Waals surface area contributed by atoms with Crippen molar-refractivity contribution in [3.8, 4) is 11.5 Å². The van der Waals surface area contributed by atoms with E-state index in [0.29, 0.717) is 5.89 Å². The quantitative estimate of drug-likeness (QED) is 0.788. The molecular weight excluding hydrogens is 292 g/mol. The first-order valence-electron chi connectivity index (χ1n) is 8.34. The van der Waals surface area contributed by atoms with E-state index in [4.69, 9.17) is 9.26 Å². The average Bonchev–Trinajstić information content (AvgIpc) is 3.24. The Morgan fingerprint density at radius 1 is 1.35 bits per heavy atom. The molecule has 0 aliphatic carbocycles. The summed E-state index contributed by atoms with van der Waals surface area (Å²) in [5.41, 5.74) is 0.845. The van der Waals surface area contributed by atoms with Gasteiger partial charge < -0.3 is 14.6 Å². The van der Waals surface area contributed by atoms with E-state index in [9.17, 15) is 0 Å². The molecule has 3 heterocycles. The van der Waals surface area contributed by atoms with Crippen LogP contribution in [0, 0.1) is 5.92 Å². The van der Waals surface area contributed by atoms with Crippen molar-refractivity contribution in [2.24, 2.45) is 5.92 Å². The van der Waals surface area contributed by atoms with Gasteiger partial charge in [0, 0.05) is 31.9 Å². The van der Waals surface area contributed by atoms with Gasteiger partial charge in [-0.25, -0.2) is 4.98 Å². The van der Waals surface area contributed by atoms with E-state index >= 15 is 0 Å². The van der Waals surface area contributed by atoms with Gasteiger partial charge in [-0.1, -0.05) is 19.0 Å². The highest BCUT2D eigenvalue weighted by atomic mass is 16.5. The van der Waals surface area contributed by atoms with Crippen molar-refractivity contribution in [1.82, 2.24) is 15.1 Å². The largest absolute Gasteiger partial charge is 0.381 e. The van der Waals surface area contributed by atoms with Crippen LogP contribution in [-0.4, -0.2) is 34.9 Å². The van der Waals surface area contributed by atoms with E-state index in [-0.39, 0.29) is 5.92 Å². The summed E-state index contributed by atoms with van der Waals surface area (Å²) in [4.78, 5) is 8.79. The van der Waals surface area contributed by atoms with Gasteiger partial charge in [0.15, 0.2) is 5.82 Å². The number of aromatic nitrogens is 3. The molecule has 1 aliphatic heterocycles. The number of ether oxygens (including phenoxy) is 1. The molecule has 6 nitrogen and oxygen atoms in total. The number of hydrogen-bond acceptors (Lipinski definition) is 6. The molecule has 23 heavy (non-hydrogen) atoms. The van der Waals surface area contributed by atoms with Gasteiger partial charge in [0.25, 0.3) is 5.89 Å². The number of nitrogens with one attached hydrogen (secondary N) is 1. The summed E-state index contributed by atoms with van der Waals surface area (Å²) in [6.07, 6.45) is 5.32. The van der Waals surface area contributed by atoms with E-state index in [1.54, 1.807) is 6.20 Å². The highest BCUT2D eigenvalue weighted by Crippen LogP contribution is 2.21. The van der Waals surface area contributed by atoms with Crippen molar-refractivity contribution in [1.29, 1.82) is 0 Å². The first kappa shape index (κ1) is 15.9. The minimum Gasteiger partial charge on any atom is -0.381 e. The second-order valence-corrected chi connectivity index (χ2v) is 6.34. The Labute approximate surface area is 136 Å². The van der Waals surface area contributed by atoms with E-state index in [2.05, 4.69) is 20.4 Å². The number of nitrogens with zero attached hydrogens (tertiary/aromatic N) is 3. The monoisotopic (exact) mass is 316 g/mol. The second-order valence-electron chi connectivity index (χ2n) is 6.34. The lowest BCUT2D eigenvalue weighted by atomic mass is 10.0. The predicted molar refractivity (Wildman–Crippen MR) is 88.3 cm³/mol. The summed E-state index contributed by atoms with van der Waals surface area (Å²) >= 11 is 0. The molecule has 1 atom stereocenters. The van der Waals surface area contributed by atoms with Crippen molar-refractivity contribution < 1.29 is 9.26 Å². The molecule has 124 valence electrons. The molecule has 0 amide bonds. The third-order valence-electron chi connectivity index (χ3n) is 4.09. The van der Waals surface area contributed by atoms with Crippen LogP contribution < -0.4 is 5.32 Å². The minimum absolute atomic E-state index is 0.256. The molecule has 1 unspecified atom stereocenters. The third kappa shape index (κ3) is 4.28. The molecule has 1 aliphatic rings. The van der Waals surface area contributed by atoms with Crippen LogP contribution in [-0.2, 0) is 4.74 Å². The Balaban J connectivity index is 1.48. The van der Waals surface area contributed by atoms with Crippen LogP contribution in [0.15, 0.2) is 22.9 Å². The highest BCUT2D eigenvalue weighted by Gasteiger charge is 2.14. The van der Waals surface area contributed by atoms with Crippen LogP contribution in [0.2, 0.25) is 0 Å². The molecule has 0 aromatic carbocycles. The summed E-state index contributed by atoms with van der Waals surface area (Å²) in [7, 11) is 0. The molecular formula is C17H24N4O2. The summed E-state index contributed by atoms with van der Waals surface area (Å²) in [6, 6.07) is 3.91. The minimum atomic E-state index is 0.256. The maximum Gasteiger partial charge on any atom is 0.259 e. The van der Waals surface area contributed by atoms with Crippen LogP contribution >= 0.6 is 0 Å². The lowest BCUT2D eigenvalue weighted by molar-refractivity contribution is 0.184. The van der Waals surface area contributed by atoms with Crippen molar-refractivity contribution >= 4 is 5.82 Å². The molecule has 6 heteroatoms. The van der Waals surface area contributed by atoms with E-state index < -0.39 is 0 Å². The molecule has 1 fully saturated rings. The molecule has 2 aromatic rings. The van der Waals surface area contributed by atoms with Crippen LogP contribution in [0.3, 0.4) is 0 Å². The number of pyridine rings is 1. The molecule has 1 saturated heterocycles. The molecule has 0 bridgehead atoms. The second kappa shape index (κ2) is 7.55. The molecule has 1 N–H and O–H groups in total. The van der Waals surface area contributed by atoms with Gasteiger partial charge >= 0.3 is 0 Å². The normalized spacial score (nSPS) is 17.8. The predicted octanol–water partition coefficient (Wildman–Crippen LogP) is 3.48. The van der Waals surface area contributed by atoms with Crippen molar-refractivity contribution in [3.05, 3.63) is 24.2 Å². The van der Waals surface area contributed by atoms with Crippen LogP contribution in [0.5, 0.6) is 0 Å². The average molecular weight is 316 g/mol. The van der Waals surface area contributed by atoms with Gasteiger partial charge in [-0.2, -0.15) is 4.98 Å². The Morgan fingerprint density at radius 2 is 2.26 bits per heavy atom. The number of hydrogen-bond donors (Lipinski definition) is 1. The first-order valence-corrected chi connectivity index (χ1v) is 8.34. The van der Waals surface area contributed by atoms with Gasteiger partial charge in [0.1, 0.15) is 5.82 Å². The van der Waals surface area contributed by atoms with Crippen LogP contribution in [0.4, 0.5) is 5.82 Å². The summed E-state index contributed by atoms with van der Waals surface area (Å²) in [5, 5.41) is 7.33. The van der Waals surface area contributed by atoms with Gasteiger partial charge in [-0.3, -0.25) is 0 Å². The fraction of sp³-hybridized carbons (Fsp3) is 0.588. The molecule has 0 spiro atoms. The van der Waals surface area contributed by atoms with Crippen LogP contribution in [0.1, 0.15) is 44.9 Å². The summed E-state index contributed by atoms with van der Waals surface area (Å²) < 4.78 is 10.7. The van der Waals surface area contributed by atoms with Crippen LogP contribution in [0.25, 0.3) is 11.5 Å². The topological polar surface area (TPSA) is 73.1 Å². The zero-order chi connectivity index (χ0) is 16.1. The smallest absolute Gasteiger partial charge is 0.259 e. The maximum atomic E-state index is 5.39. The fourth-order valence-corrected chi connectivity index (χ4v) is 2.63. The molecule has 2 aromatic heterocycles. The number of anilines is 1. The summed E-state index contributed by atoms with van der Waals surface area (Å²) in [5.74, 6) is 3.11. The maximum absolute atomic E-state index is 5.39. The van der Waals surface area contributed by atoms with Gasteiger partial charge in [0.05, 0.1) is 5.56 Å². The van der Waals surface area contributed by atoms with Crippen molar-refractivity contribution in [2.75, 3.05) is 25.1 Å². The van der Waals surface area contributed by atoms with E-state index in [1.165, 1.54) is 12.8 Å². The Morgan fingerprint density at radius 3 is 2.91 bits per heavy atom. The highest BCUT2D eigenvalue weighted by molar-refractivity contribution is 5.54. The molecule has 3 rings (SSSR count). The van der Waals surface area contributed by atoms with E-state index in [1.807, 2.05) is 26.0 Å². The zero-order valence-corrected chi connectivity index (χ0v) is 13.8. The summed E-state index contributed by atoms with van der Waals surface area (Å²) in [6.45, 7) is 6.86. The SMILES string of the molecule is CC(C)c1noc(-c2ccc(NCCCC3CCOC3)nc2)n1. The standard InChI is InChI=1S/C17H24N4O2/c1-12(2)16-20-17(23-21-16)14-5-6-15(19-10-14)18-8-3-4-13-7-9-22-11-13/h5-6,10,12-13H,3-4,7-9,11H2,1-2H3,(H,18,19). The lowest BCUT2D eigenvalue weighted by Crippen LogP contribution is -2.06. The Kier molecular flexibility index (Phi) is 5.23. The third-order valence-corrected chi connectivity index (χ3v) is 4.09. The van der Waals surface area contributed by atoms with Gasteiger partial charge in [-0.05, 0) is 37.3 Å². The Bertz CT molecular complexity index is 603. The lowest BCUT2D eigenvalue weighted by Gasteiger charge is -2.08. The van der Waals surface area contributed by atoms with Gasteiger partial charge in [0.2, 0.25) is 0 Å². The number of rotatable bonds is 7.